The Balaban J connectivity index is 2.64. The van der Waals surface area contributed by atoms with Gasteiger partial charge >= 0.3 is 0 Å². The molecule has 1 aliphatic rings. The van der Waals surface area contributed by atoms with Gasteiger partial charge in [0.15, 0.2) is 0 Å². The zero-order chi connectivity index (χ0) is 15.8. The molecule has 0 bridgehead atoms. The summed E-state index contributed by atoms with van der Waals surface area (Å²) in [7, 11) is 0. The van der Waals surface area contributed by atoms with Crippen LogP contribution in [0.3, 0.4) is 0 Å². The third kappa shape index (κ3) is 5.44. The van der Waals surface area contributed by atoms with Crippen LogP contribution in [0.15, 0.2) is 12.2 Å². The second-order valence-corrected chi connectivity index (χ2v) is 6.24. The fourth-order valence-electron chi connectivity index (χ4n) is 3.12. The van der Waals surface area contributed by atoms with Gasteiger partial charge in [0.25, 0.3) is 0 Å². The monoisotopic (exact) mass is 296 g/mol. The summed E-state index contributed by atoms with van der Waals surface area (Å²) in [6.45, 7) is 12.3. The number of ether oxygens (including phenoxy) is 1. The zero-order valence-electron chi connectivity index (χ0n) is 13.9. The first-order valence-corrected chi connectivity index (χ1v) is 8.31. The van der Waals surface area contributed by atoms with E-state index in [-0.39, 0.29) is 18.1 Å². The number of hydrogen-bond acceptors (Lipinski definition) is 3. The third-order valence-electron chi connectivity index (χ3n) is 4.31. The summed E-state index contributed by atoms with van der Waals surface area (Å²) in [6.07, 6.45) is 5.26. The summed E-state index contributed by atoms with van der Waals surface area (Å²) in [5, 5.41) is 0. The highest BCUT2D eigenvalue weighted by Gasteiger charge is 2.27. The van der Waals surface area contributed by atoms with Crippen LogP contribution in [0.4, 0.5) is 0 Å². The molecule has 0 saturated carbocycles. The molecular weight excluding hydrogens is 264 g/mol. The predicted octanol–water partition coefficient (Wildman–Crippen LogP) is 2.72. The Kier molecular flexibility index (Phi) is 7.97. The average Bonchev–Trinajstić information content (AvgIpc) is 2.47. The molecule has 2 unspecified atom stereocenters. The van der Waals surface area contributed by atoms with E-state index < -0.39 is 0 Å². The minimum atomic E-state index is 0.0744. The second kappa shape index (κ2) is 9.21. The number of nitrogens with two attached hydrogens (primary N) is 1. The van der Waals surface area contributed by atoms with Crippen LogP contribution in [0.1, 0.15) is 52.9 Å². The quantitative estimate of drug-likeness (QED) is 0.701. The Labute approximate surface area is 129 Å². The van der Waals surface area contributed by atoms with Crippen LogP contribution in [0, 0.1) is 5.92 Å². The molecule has 0 aromatic heterocycles. The van der Waals surface area contributed by atoms with Crippen molar-refractivity contribution < 1.29 is 9.53 Å². The molecule has 2 atom stereocenters. The van der Waals surface area contributed by atoms with E-state index in [4.69, 9.17) is 10.5 Å². The molecule has 0 aromatic rings. The molecule has 0 aliphatic carbocycles. The van der Waals surface area contributed by atoms with Crippen molar-refractivity contribution in [2.75, 3.05) is 19.7 Å². The highest BCUT2D eigenvalue weighted by molar-refractivity contribution is 5.93. The first kappa shape index (κ1) is 18.2. The fraction of sp³-hybridized carbons (Fsp3) is 0.824. The molecule has 1 rings (SSSR count). The van der Waals surface area contributed by atoms with E-state index in [0.29, 0.717) is 24.5 Å². The van der Waals surface area contributed by atoms with Crippen LogP contribution < -0.4 is 5.73 Å². The molecule has 122 valence electrons. The second-order valence-electron chi connectivity index (χ2n) is 6.24. The van der Waals surface area contributed by atoms with E-state index in [2.05, 4.69) is 6.58 Å². The minimum Gasteiger partial charge on any atom is -0.378 e. The fourth-order valence-corrected chi connectivity index (χ4v) is 3.12. The summed E-state index contributed by atoms with van der Waals surface area (Å²) in [5.41, 5.74) is 6.43. The van der Waals surface area contributed by atoms with Gasteiger partial charge in [-0.2, -0.15) is 0 Å². The van der Waals surface area contributed by atoms with Crippen LogP contribution in [0.25, 0.3) is 0 Å². The highest BCUT2D eigenvalue weighted by atomic mass is 16.5. The van der Waals surface area contributed by atoms with Crippen molar-refractivity contribution in [2.45, 2.75) is 65.0 Å². The van der Waals surface area contributed by atoms with Crippen LogP contribution in [0.2, 0.25) is 0 Å². The van der Waals surface area contributed by atoms with Crippen molar-refractivity contribution in [3.05, 3.63) is 12.2 Å². The van der Waals surface area contributed by atoms with Gasteiger partial charge in [-0.05, 0) is 65.3 Å². The Bertz CT molecular complexity index is 336. The Morgan fingerprint density at radius 3 is 2.62 bits per heavy atom. The van der Waals surface area contributed by atoms with Crippen LogP contribution >= 0.6 is 0 Å². The Morgan fingerprint density at radius 1 is 1.43 bits per heavy atom. The number of amides is 1. The lowest BCUT2D eigenvalue weighted by molar-refractivity contribution is -0.129. The summed E-state index contributed by atoms with van der Waals surface area (Å²) >= 11 is 0. The maximum Gasteiger partial charge on any atom is 0.249 e. The van der Waals surface area contributed by atoms with E-state index in [1.54, 1.807) is 0 Å². The van der Waals surface area contributed by atoms with Crippen molar-refractivity contribution in [1.29, 1.82) is 0 Å². The van der Waals surface area contributed by atoms with E-state index in [0.717, 1.165) is 32.4 Å². The zero-order valence-corrected chi connectivity index (χ0v) is 13.9. The number of rotatable bonds is 8. The van der Waals surface area contributed by atoms with Crippen LogP contribution in [-0.4, -0.2) is 42.6 Å². The molecule has 1 saturated heterocycles. The average molecular weight is 296 g/mol. The predicted molar refractivity (Wildman–Crippen MR) is 87.0 cm³/mol. The maximum atomic E-state index is 12.5. The van der Waals surface area contributed by atoms with Crippen molar-refractivity contribution in [1.82, 2.24) is 4.90 Å². The Morgan fingerprint density at radius 2 is 2.14 bits per heavy atom. The topological polar surface area (TPSA) is 55.6 Å². The van der Waals surface area contributed by atoms with E-state index >= 15 is 0 Å². The lowest BCUT2D eigenvalue weighted by Gasteiger charge is -2.32. The Hall–Kier alpha value is -0.870. The van der Waals surface area contributed by atoms with Gasteiger partial charge in [-0.15, -0.1) is 0 Å². The minimum absolute atomic E-state index is 0.0744. The molecule has 1 amide bonds. The summed E-state index contributed by atoms with van der Waals surface area (Å²) in [6, 6.07) is 0.207. The first-order chi connectivity index (χ1) is 10.0. The highest BCUT2D eigenvalue weighted by Crippen LogP contribution is 2.27. The van der Waals surface area contributed by atoms with E-state index in [1.165, 1.54) is 6.42 Å². The standard InChI is InChI=1S/C17H32N2O2/c1-5-19(13(2)3)17(20)14(4)12-15(9-10-18)16-8-6-7-11-21-16/h13,15-16H,4-12,18H2,1-3H3. The lowest BCUT2D eigenvalue weighted by atomic mass is 9.87. The van der Waals surface area contributed by atoms with Gasteiger partial charge in [-0.25, -0.2) is 0 Å². The SMILES string of the molecule is C=C(CC(CCN)C1CCCCO1)C(=O)N(CC)C(C)C. The van der Waals surface area contributed by atoms with Crippen molar-refractivity contribution >= 4 is 5.91 Å². The largest absolute Gasteiger partial charge is 0.378 e. The third-order valence-corrected chi connectivity index (χ3v) is 4.31. The molecule has 2 N–H and O–H groups in total. The molecular formula is C17H32N2O2. The molecule has 0 aromatic carbocycles. The van der Waals surface area contributed by atoms with Gasteiger partial charge < -0.3 is 15.4 Å². The molecule has 21 heavy (non-hydrogen) atoms. The molecule has 0 spiro atoms. The molecule has 1 heterocycles. The van der Waals surface area contributed by atoms with Gasteiger partial charge in [-0.1, -0.05) is 6.58 Å². The maximum absolute atomic E-state index is 12.5. The van der Waals surface area contributed by atoms with Crippen molar-refractivity contribution in [2.24, 2.45) is 11.7 Å². The number of carbonyl (C=O) groups is 1. The first-order valence-electron chi connectivity index (χ1n) is 8.31. The number of carbonyl (C=O) groups excluding carboxylic acids is 1. The normalized spacial score (nSPS) is 20.3. The number of likely N-dealkylation sites (N-methyl/N-ethyl adjacent to an activating group) is 1. The van der Waals surface area contributed by atoms with Crippen LogP contribution in [-0.2, 0) is 9.53 Å². The van der Waals surface area contributed by atoms with E-state index in [9.17, 15) is 4.79 Å². The molecule has 4 heteroatoms. The smallest absolute Gasteiger partial charge is 0.249 e. The molecule has 0 radical (unpaired) electrons. The molecule has 4 nitrogen and oxygen atoms in total. The summed E-state index contributed by atoms with van der Waals surface area (Å²) in [5.74, 6) is 0.392. The lowest BCUT2D eigenvalue weighted by Crippen LogP contribution is -2.38. The van der Waals surface area contributed by atoms with Crippen molar-refractivity contribution in [3.8, 4) is 0 Å². The van der Waals surface area contributed by atoms with Crippen LogP contribution in [0.5, 0.6) is 0 Å². The summed E-state index contributed by atoms with van der Waals surface area (Å²) < 4.78 is 5.89. The van der Waals surface area contributed by atoms with Gasteiger partial charge in [0.1, 0.15) is 0 Å². The number of hydrogen-bond donors (Lipinski definition) is 1. The van der Waals surface area contributed by atoms with Gasteiger partial charge in [-0.3, -0.25) is 4.79 Å². The summed E-state index contributed by atoms with van der Waals surface area (Å²) in [4.78, 5) is 14.4. The number of nitrogens with zero attached hydrogens (tertiary/aromatic N) is 1. The molecule has 1 aliphatic heterocycles. The van der Waals surface area contributed by atoms with Gasteiger partial charge in [0.2, 0.25) is 5.91 Å². The molecule has 1 fully saturated rings. The van der Waals surface area contributed by atoms with E-state index in [1.807, 2.05) is 25.7 Å². The van der Waals surface area contributed by atoms with Gasteiger partial charge in [0, 0.05) is 24.8 Å². The van der Waals surface area contributed by atoms with Gasteiger partial charge in [0.05, 0.1) is 6.10 Å². The van der Waals surface area contributed by atoms with Crippen molar-refractivity contribution in [3.63, 3.8) is 0 Å².